The molecule has 2 aromatic rings. The zero-order valence-corrected chi connectivity index (χ0v) is 11.4. The van der Waals surface area contributed by atoms with Crippen LogP contribution in [-0.2, 0) is 11.3 Å². The van der Waals surface area contributed by atoms with Crippen LogP contribution in [0.2, 0.25) is 0 Å². The fraction of sp³-hybridized carbons (Fsp3) is 0.235. The molecule has 0 saturated heterocycles. The maximum absolute atomic E-state index is 10.7. The molecule has 2 aromatic carbocycles. The molecule has 0 bridgehead atoms. The summed E-state index contributed by atoms with van der Waals surface area (Å²) in [6.45, 7) is 1.54. The van der Waals surface area contributed by atoms with Gasteiger partial charge in [-0.3, -0.25) is 4.79 Å². The Labute approximate surface area is 119 Å². The van der Waals surface area contributed by atoms with E-state index in [1.807, 2.05) is 36.4 Å². The van der Waals surface area contributed by atoms with Gasteiger partial charge in [-0.25, -0.2) is 0 Å². The minimum absolute atomic E-state index is 0.206. The van der Waals surface area contributed by atoms with E-state index in [1.165, 1.54) is 5.56 Å². The first-order valence-electron chi connectivity index (χ1n) is 6.81. The first-order valence-corrected chi connectivity index (χ1v) is 6.81. The molecule has 0 fully saturated rings. The zero-order chi connectivity index (χ0) is 14.2. The molecule has 0 aliphatic carbocycles. The van der Waals surface area contributed by atoms with E-state index in [0.717, 1.165) is 18.8 Å². The molecule has 0 heterocycles. The fourth-order valence-corrected chi connectivity index (χ4v) is 2.16. The number of hydrogen-bond acceptors (Lipinski definition) is 2. The van der Waals surface area contributed by atoms with E-state index in [4.69, 9.17) is 5.11 Å². The predicted octanol–water partition coefficient (Wildman–Crippen LogP) is 3.56. The van der Waals surface area contributed by atoms with Crippen LogP contribution >= 0.6 is 0 Å². The number of rotatable bonds is 7. The minimum Gasteiger partial charge on any atom is -0.481 e. The first kappa shape index (κ1) is 14.1. The number of para-hydroxylation sites is 1. The van der Waals surface area contributed by atoms with Crippen LogP contribution in [0.5, 0.6) is 0 Å². The second-order valence-electron chi connectivity index (χ2n) is 4.74. The Balaban J connectivity index is 2.06. The molecular weight excluding hydrogens is 250 g/mol. The maximum atomic E-state index is 10.7. The summed E-state index contributed by atoms with van der Waals surface area (Å²) in [6.07, 6.45) is 0.856. The summed E-state index contributed by atoms with van der Waals surface area (Å²) in [5.74, 6) is -0.738. The van der Waals surface area contributed by atoms with Gasteiger partial charge in [-0.15, -0.1) is 0 Å². The summed E-state index contributed by atoms with van der Waals surface area (Å²) in [6, 6.07) is 20.3. The van der Waals surface area contributed by atoms with Crippen LogP contribution in [-0.4, -0.2) is 17.6 Å². The Bertz CT molecular complexity index is 525. The Hall–Kier alpha value is -2.29. The van der Waals surface area contributed by atoms with Crippen LogP contribution in [0.4, 0.5) is 5.69 Å². The number of carbonyl (C=O) groups is 1. The summed E-state index contributed by atoms with van der Waals surface area (Å²) in [5, 5.41) is 8.77. The number of aliphatic carboxylic acids is 1. The smallest absolute Gasteiger partial charge is 0.303 e. The quantitative estimate of drug-likeness (QED) is 0.835. The van der Waals surface area contributed by atoms with E-state index in [9.17, 15) is 4.79 Å². The van der Waals surface area contributed by atoms with Gasteiger partial charge in [-0.2, -0.15) is 0 Å². The van der Waals surface area contributed by atoms with E-state index in [-0.39, 0.29) is 6.42 Å². The van der Waals surface area contributed by atoms with Crippen molar-refractivity contribution >= 4 is 11.7 Å². The van der Waals surface area contributed by atoms with Crippen molar-refractivity contribution < 1.29 is 9.90 Å². The van der Waals surface area contributed by atoms with Crippen molar-refractivity contribution in [2.75, 3.05) is 11.4 Å². The van der Waals surface area contributed by atoms with E-state index < -0.39 is 5.97 Å². The molecule has 3 nitrogen and oxygen atoms in total. The van der Waals surface area contributed by atoms with Crippen molar-refractivity contribution in [2.45, 2.75) is 19.4 Å². The lowest BCUT2D eigenvalue weighted by molar-refractivity contribution is -0.137. The molecule has 0 saturated carbocycles. The van der Waals surface area contributed by atoms with E-state index in [1.54, 1.807) is 0 Å². The molecular formula is C17H19NO2. The number of nitrogens with zero attached hydrogens (tertiary/aromatic N) is 1. The van der Waals surface area contributed by atoms with E-state index >= 15 is 0 Å². The number of carboxylic acids is 1. The van der Waals surface area contributed by atoms with Crippen LogP contribution in [0, 0.1) is 0 Å². The molecule has 20 heavy (non-hydrogen) atoms. The van der Waals surface area contributed by atoms with Gasteiger partial charge in [0.15, 0.2) is 0 Å². The average Bonchev–Trinajstić information content (AvgIpc) is 2.48. The zero-order valence-electron chi connectivity index (χ0n) is 11.4. The molecule has 0 atom stereocenters. The Morgan fingerprint density at radius 3 is 2.15 bits per heavy atom. The van der Waals surface area contributed by atoms with Gasteiger partial charge in [-0.1, -0.05) is 48.5 Å². The molecule has 0 radical (unpaired) electrons. The number of carboxylic acid groups (broad SMARTS) is 1. The third-order valence-electron chi connectivity index (χ3n) is 3.16. The SMILES string of the molecule is O=C(O)CCCN(Cc1ccccc1)c1ccccc1. The highest BCUT2D eigenvalue weighted by molar-refractivity contribution is 5.66. The van der Waals surface area contributed by atoms with Gasteiger partial charge in [0.1, 0.15) is 0 Å². The second-order valence-corrected chi connectivity index (χ2v) is 4.74. The van der Waals surface area contributed by atoms with Gasteiger partial charge in [0.25, 0.3) is 0 Å². The summed E-state index contributed by atoms with van der Waals surface area (Å²) in [4.78, 5) is 12.9. The average molecular weight is 269 g/mol. The molecule has 2 rings (SSSR count). The largest absolute Gasteiger partial charge is 0.481 e. The van der Waals surface area contributed by atoms with E-state index in [0.29, 0.717) is 6.42 Å². The molecule has 104 valence electrons. The highest BCUT2D eigenvalue weighted by Gasteiger charge is 2.08. The normalized spacial score (nSPS) is 10.2. The van der Waals surface area contributed by atoms with Crippen molar-refractivity contribution in [3.05, 3.63) is 66.2 Å². The molecule has 0 unspecified atom stereocenters. The third-order valence-corrected chi connectivity index (χ3v) is 3.16. The van der Waals surface area contributed by atoms with Crippen molar-refractivity contribution in [3.63, 3.8) is 0 Å². The predicted molar refractivity (Wildman–Crippen MR) is 80.8 cm³/mol. The van der Waals surface area contributed by atoms with E-state index in [2.05, 4.69) is 29.2 Å². The Morgan fingerprint density at radius 1 is 0.950 bits per heavy atom. The fourth-order valence-electron chi connectivity index (χ4n) is 2.16. The van der Waals surface area contributed by atoms with Crippen molar-refractivity contribution in [1.29, 1.82) is 0 Å². The van der Waals surface area contributed by atoms with Crippen LogP contribution in [0.3, 0.4) is 0 Å². The standard InChI is InChI=1S/C17H19NO2/c19-17(20)12-7-13-18(16-10-5-2-6-11-16)14-15-8-3-1-4-9-15/h1-6,8-11H,7,12-14H2,(H,19,20). The summed E-state index contributed by atoms with van der Waals surface area (Å²) >= 11 is 0. The van der Waals surface area contributed by atoms with Gasteiger partial charge in [0.2, 0.25) is 0 Å². The number of anilines is 1. The lowest BCUT2D eigenvalue weighted by atomic mass is 10.1. The molecule has 0 amide bonds. The van der Waals surface area contributed by atoms with Crippen LogP contribution < -0.4 is 4.90 Å². The molecule has 3 heteroatoms. The maximum Gasteiger partial charge on any atom is 0.303 e. The number of benzene rings is 2. The minimum atomic E-state index is -0.738. The molecule has 0 aromatic heterocycles. The van der Waals surface area contributed by atoms with Gasteiger partial charge in [-0.05, 0) is 24.1 Å². The highest BCUT2D eigenvalue weighted by atomic mass is 16.4. The van der Waals surface area contributed by atoms with Gasteiger partial charge in [0, 0.05) is 25.2 Å². The molecule has 0 aliphatic rings. The van der Waals surface area contributed by atoms with Crippen molar-refractivity contribution in [3.8, 4) is 0 Å². The molecule has 0 aliphatic heterocycles. The molecule has 1 N–H and O–H groups in total. The number of hydrogen-bond donors (Lipinski definition) is 1. The monoisotopic (exact) mass is 269 g/mol. The van der Waals surface area contributed by atoms with Crippen LogP contribution in [0.15, 0.2) is 60.7 Å². The third kappa shape index (κ3) is 4.43. The lowest BCUT2D eigenvalue weighted by Crippen LogP contribution is -2.24. The second kappa shape index (κ2) is 7.34. The van der Waals surface area contributed by atoms with Crippen molar-refractivity contribution in [2.24, 2.45) is 0 Å². The van der Waals surface area contributed by atoms with Gasteiger partial charge in [0.05, 0.1) is 0 Å². The van der Waals surface area contributed by atoms with Gasteiger partial charge < -0.3 is 10.0 Å². The lowest BCUT2D eigenvalue weighted by Gasteiger charge is -2.24. The summed E-state index contributed by atoms with van der Waals surface area (Å²) < 4.78 is 0. The van der Waals surface area contributed by atoms with Gasteiger partial charge >= 0.3 is 5.97 Å². The Morgan fingerprint density at radius 2 is 1.55 bits per heavy atom. The van der Waals surface area contributed by atoms with Crippen LogP contribution in [0.25, 0.3) is 0 Å². The van der Waals surface area contributed by atoms with Crippen molar-refractivity contribution in [1.82, 2.24) is 0 Å². The highest BCUT2D eigenvalue weighted by Crippen LogP contribution is 2.17. The molecule has 0 spiro atoms. The van der Waals surface area contributed by atoms with Crippen LogP contribution in [0.1, 0.15) is 18.4 Å². The summed E-state index contributed by atoms with van der Waals surface area (Å²) in [7, 11) is 0. The summed E-state index contributed by atoms with van der Waals surface area (Å²) in [5.41, 5.74) is 2.36. The first-order chi connectivity index (χ1) is 9.75. The Kier molecular flexibility index (Phi) is 5.18. The topological polar surface area (TPSA) is 40.5 Å².